The van der Waals surface area contributed by atoms with E-state index in [1.54, 1.807) is 61.5 Å². The van der Waals surface area contributed by atoms with Crippen LogP contribution in [0.4, 0.5) is 4.79 Å². The number of ether oxygens (including phenoxy) is 3. The Bertz CT molecular complexity index is 1080. The molecule has 0 aromatic heterocycles. The van der Waals surface area contributed by atoms with Crippen LogP contribution in [0.1, 0.15) is 31.4 Å². The normalized spacial score (nSPS) is 12.8. The highest BCUT2D eigenvalue weighted by Gasteiger charge is 2.39. The predicted molar refractivity (Wildman–Crippen MR) is 135 cm³/mol. The molecule has 3 N–H and O–H groups in total. The molecule has 3 atom stereocenters. The minimum absolute atomic E-state index is 0.00139. The second kappa shape index (κ2) is 15.6. The van der Waals surface area contributed by atoms with Gasteiger partial charge < -0.3 is 30.0 Å². The molecule has 2 amide bonds. The van der Waals surface area contributed by atoms with Crippen molar-refractivity contribution in [2.75, 3.05) is 13.2 Å². The second-order valence-electron chi connectivity index (χ2n) is 8.14. The number of carboxylic acids is 1. The van der Waals surface area contributed by atoms with E-state index in [-0.39, 0.29) is 26.2 Å². The van der Waals surface area contributed by atoms with Crippen LogP contribution in [0.5, 0.6) is 0 Å². The van der Waals surface area contributed by atoms with Crippen molar-refractivity contribution in [3.8, 4) is 0 Å². The summed E-state index contributed by atoms with van der Waals surface area (Å²) in [5.41, 5.74) is 1.41. The summed E-state index contributed by atoms with van der Waals surface area (Å²) < 4.78 is 15.0. The molecule has 2 aromatic rings. The molecule has 0 bridgehead atoms. The maximum atomic E-state index is 13.3. The Kier molecular flexibility index (Phi) is 12.3. The molecule has 0 aliphatic heterocycles. The molecule has 0 spiro atoms. The lowest BCUT2D eigenvalue weighted by atomic mass is 9.95. The van der Waals surface area contributed by atoms with Crippen molar-refractivity contribution in [1.29, 1.82) is 0 Å². The van der Waals surface area contributed by atoms with E-state index in [4.69, 9.17) is 14.2 Å². The predicted octanol–water partition coefficient (Wildman–Crippen LogP) is 2.23. The lowest BCUT2D eigenvalue weighted by Gasteiger charge is -2.25. The average molecular weight is 529 g/mol. The lowest BCUT2D eigenvalue weighted by Crippen LogP contribution is -2.56. The van der Waals surface area contributed by atoms with E-state index >= 15 is 0 Å². The van der Waals surface area contributed by atoms with Crippen LogP contribution >= 0.6 is 0 Å². The van der Waals surface area contributed by atoms with Gasteiger partial charge in [-0.1, -0.05) is 60.7 Å². The minimum atomic E-state index is -1.83. The summed E-state index contributed by atoms with van der Waals surface area (Å²) >= 11 is 0. The average Bonchev–Trinajstić information content (AvgIpc) is 2.90. The van der Waals surface area contributed by atoms with Gasteiger partial charge in [0, 0.05) is 6.42 Å². The number of hydrogen-bond donors (Lipinski definition) is 3. The third-order valence-electron chi connectivity index (χ3n) is 5.35. The number of benzene rings is 2. The Labute approximate surface area is 220 Å². The van der Waals surface area contributed by atoms with Crippen molar-refractivity contribution in [3.05, 3.63) is 71.8 Å². The fourth-order valence-corrected chi connectivity index (χ4v) is 3.54. The number of amides is 2. The number of carboxylic acid groups (broad SMARTS) is 1. The van der Waals surface area contributed by atoms with Crippen LogP contribution in [0.25, 0.3) is 0 Å². The molecule has 0 saturated heterocycles. The molecule has 204 valence electrons. The Balaban J connectivity index is 2.23. The SMILES string of the molecule is CCOC(=O)C[C@H](C(=O)OCC)[C@H](NC(=O)[C@H](Cc1ccccc1)NC(=O)OCc1ccccc1)C(=O)O. The first kappa shape index (κ1) is 29.8. The molecule has 0 saturated carbocycles. The van der Waals surface area contributed by atoms with Crippen LogP contribution < -0.4 is 10.6 Å². The highest BCUT2D eigenvalue weighted by atomic mass is 16.6. The van der Waals surface area contributed by atoms with E-state index in [1.165, 1.54) is 6.92 Å². The van der Waals surface area contributed by atoms with E-state index < -0.39 is 54.3 Å². The van der Waals surface area contributed by atoms with E-state index in [1.807, 2.05) is 6.07 Å². The Morgan fingerprint density at radius 2 is 1.37 bits per heavy atom. The van der Waals surface area contributed by atoms with Crippen LogP contribution in [-0.4, -0.2) is 60.3 Å². The van der Waals surface area contributed by atoms with Crippen LogP contribution in [0.2, 0.25) is 0 Å². The third-order valence-corrected chi connectivity index (χ3v) is 5.35. The molecule has 0 aliphatic carbocycles. The van der Waals surface area contributed by atoms with Gasteiger partial charge in [-0.3, -0.25) is 14.4 Å². The maximum Gasteiger partial charge on any atom is 0.408 e. The van der Waals surface area contributed by atoms with Crippen LogP contribution in [-0.2, 0) is 46.4 Å². The fraction of sp³-hybridized carbons (Fsp3) is 0.370. The van der Waals surface area contributed by atoms with Gasteiger partial charge in [0.15, 0.2) is 0 Å². The van der Waals surface area contributed by atoms with Crippen molar-refractivity contribution in [3.63, 3.8) is 0 Å². The maximum absolute atomic E-state index is 13.3. The largest absolute Gasteiger partial charge is 0.480 e. The van der Waals surface area contributed by atoms with Crippen molar-refractivity contribution < 1.29 is 43.3 Å². The standard InChI is InChI=1S/C27H32N2O9/c1-3-36-22(30)16-20(26(34)37-4-2)23(25(32)33)29-24(31)21(15-18-11-7-5-8-12-18)28-27(35)38-17-19-13-9-6-10-14-19/h5-14,20-21,23H,3-4,15-17H2,1-2H3,(H,28,35)(H,29,31)(H,32,33)/t20-,21-,23-/m0/s1. The van der Waals surface area contributed by atoms with Crippen LogP contribution in [0.15, 0.2) is 60.7 Å². The Hall–Kier alpha value is -4.41. The summed E-state index contributed by atoms with van der Waals surface area (Å²) in [6, 6.07) is 14.5. The van der Waals surface area contributed by atoms with E-state index in [0.29, 0.717) is 5.56 Å². The first-order valence-electron chi connectivity index (χ1n) is 12.1. The van der Waals surface area contributed by atoms with Crippen molar-refractivity contribution in [2.24, 2.45) is 5.92 Å². The fourth-order valence-electron chi connectivity index (χ4n) is 3.54. The smallest absolute Gasteiger partial charge is 0.408 e. The van der Waals surface area contributed by atoms with Gasteiger partial charge in [0.2, 0.25) is 5.91 Å². The number of carbonyl (C=O) groups is 5. The topological polar surface area (TPSA) is 157 Å². The van der Waals surface area contributed by atoms with Gasteiger partial charge in [-0.15, -0.1) is 0 Å². The van der Waals surface area contributed by atoms with Crippen molar-refractivity contribution >= 4 is 29.9 Å². The van der Waals surface area contributed by atoms with Gasteiger partial charge in [-0.2, -0.15) is 0 Å². The molecule has 11 heteroatoms. The number of hydrogen-bond acceptors (Lipinski definition) is 8. The summed E-state index contributed by atoms with van der Waals surface area (Å²) in [6.07, 6.45) is -1.52. The van der Waals surface area contributed by atoms with Gasteiger partial charge in [0.25, 0.3) is 0 Å². The first-order chi connectivity index (χ1) is 18.2. The monoisotopic (exact) mass is 528 g/mol. The molecule has 0 heterocycles. The van der Waals surface area contributed by atoms with Gasteiger partial charge in [0.1, 0.15) is 18.7 Å². The number of rotatable bonds is 14. The number of alkyl carbamates (subject to hydrolysis) is 1. The summed E-state index contributed by atoms with van der Waals surface area (Å²) in [5.74, 6) is -5.82. The minimum Gasteiger partial charge on any atom is -0.480 e. The molecular formula is C27H32N2O9. The number of esters is 2. The van der Waals surface area contributed by atoms with E-state index in [9.17, 15) is 29.1 Å². The van der Waals surface area contributed by atoms with Crippen molar-refractivity contribution in [1.82, 2.24) is 10.6 Å². The number of aliphatic carboxylic acids is 1. The van der Waals surface area contributed by atoms with Gasteiger partial charge in [0.05, 0.1) is 25.6 Å². The molecule has 0 radical (unpaired) electrons. The lowest BCUT2D eigenvalue weighted by molar-refractivity contribution is -0.160. The third kappa shape index (κ3) is 9.92. The number of nitrogens with one attached hydrogen (secondary N) is 2. The zero-order chi connectivity index (χ0) is 27.9. The van der Waals surface area contributed by atoms with Gasteiger partial charge in [-0.25, -0.2) is 9.59 Å². The van der Waals surface area contributed by atoms with E-state index in [0.717, 1.165) is 5.56 Å². The molecule has 0 fully saturated rings. The molecule has 0 aliphatic rings. The van der Waals surface area contributed by atoms with Crippen molar-refractivity contribution in [2.45, 2.75) is 45.4 Å². The summed E-state index contributed by atoms with van der Waals surface area (Å²) in [7, 11) is 0. The number of carbonyl (C=O) groups excluding carboxylic acids is 4. The second-order valence-corrected chi connectivity index (χ2v) is 8.14. The highest BCUT2D eigenvalue weighted by Crippen LogP contribution is 2.15. The molecule has 0 unspecified atom stereocenters. The first-order valence-corrected chi connectivity index (χ1v) is 12.1. The zero-order valence-corrected chi connectivity index (χ0v) is 21.3. The zero-order valence-electron chi connectivity index (χ0n) is 21.3. The van der Waals surface area contributed by atoms with Gasteiger partial charge in [-0.05, 0) is 25.0 Å². The molecule has 2 rings (SSSR count). The summed E-state index contributed by atoms with van der Waals surface area (Å²) in [5, 5.41) is 14.6. The summed E-state index contributed by atoms with van der Waals surface area (Å²) in [6.45, 7) is 2.99. The Morgan fingerprint density at radius 1 is 0.789 bits per heavy atom. The summed E-state index contributed by atoms with van der Waals surface area (Å²) in [4.78, 5) is 62.5. The molecular weight excluding hydrogens is 496 g/mol. The Morgan fingerprint density at radius 3 is 1.92 bits per heavy atom. The quantitative estimate of drug-likeness (QED) is 0.247. The van der Waals surface area contributed by atoms with Crippen LogP contribution in [0.3, 0.4) is 0 Å². The molecule has 2 aromatic carbocycles. The van der Waals surface area contributed by atoms with E-state index in [2.05, 4.69) is 10.6 Å². The van der Waals surface area contributed by atoms with Crippen LogP contribution in [0, 0.1) is 5.92 Å². The van der Waals surface area contributed by atoms with Gasteiger partial charge >= 0.3 is 24.0 Å². The molecule has 38 heavy (non-hydrogen) atoms. The molecule has 11 nitrogen and oxygen atoms in total. The highest BCUT2D eigenvalue weighted by molar-refractivity contribution is 5.93.